The van der Waals surface area contributed by atoms with Crippen LogP contribution < -0.4 is 0 Å². The molecule has 0 radical (unpaired) electrons. The predicted octanol–water partition coefficient (Wildman–Crippen LogP) is 4.16. The molecule has 0 fully saturated rings. The first kappa shape index (κ1) is 12.7. The van der Waals surface area contributed by atoms with Gasteiger partial charge >= 0.3 is 0 Å². The summed E-state index contributed by atoms with van der Waals surface area (Å²) in [6, 6.07) is 15.0. The van der Waals surface area contributed by atoms with Gasteiger partial charge in [-0.3, -0.25) is 0 Å². The Bertz CT molecular complexity index is 564. The van der Waals surface area contributed by atoms with E-state index in [1.54, 1.807) is 6.07 Å². The fourth-order valence-corrected chi connectivity index (χ4v) is 1.98. The molecule has 2 aromatic carbocycles. The molecule has 0 aliphatic carbocycles. The number of aryl methyl sites for hydroxylation is 1. The Balaban J connectivity index is 2.34. The molecule has 0 aromatic heterocycles. The first-order chi connectivity index (χ1) is 8.70. The second-order valence-electron chi connectivity index (χ2n) is 4.00. The molecule has 0 aliphatic rings. The van der Waals surface area contributed by atoms with E-state index >= 15 is 0 Å². The molecule has 0 spiro atoms. The Hall–Kier alpha value is -1.80. The zero-order valence-electron chi connectivity index (χ0n) is 10.1. The molecule has 0 heterocycles. The molecule has 0 bridgehead atoms. The maximum absolute atomic E-state index is 12.0. The minimum atomic E-state index is 0.470. The fraction of sp³-hybridized carbons (Fsp3) is 0.133. The van der Waals surface area contributed by atoms with Crippen molar-refractivity contribution in [1.29, 1.82) is 0 Å². The van der Waals surface area contributed by atoms with Crippen LogP contribution >= 0.6 is 11.6 Å². The zero-order valence-corrected chi connectivity index (χ0v) is 10.9. The van der Waals surface area contributed by atoms with Gasteiger partial charge in [0.15, 0.2) is 6.21 Å². The fourth-order valence-electron chi connectivity index (χ4n) is 1.69. The number of hydrogen-bond acceptors (Lipinski definition) is 1. The van der Waals surface area contributed by atoms with Gasteiger partial charge in [-0.1, -0.05) is 42.8 Å². The molecule has 3 heteroatoms. The van der Waals surface area contributed by atoms with Gasteiger partial charge in [0.2, 0.25) is 5.69 Å². The van der Waals surface area contributed by atoms with Gasteiger partial charge in [0.05, 0.1) is 0 Å². The summed E-state index contributed by atoms with van der Waals surface area (Å²) in [6.07, 6.45) is 2.42. The summed E-state index contributed by atoms with van der Waals surface area (Å²) < 4.78 is 0.803. The van der Waals surface area contributed by atoms with Gasteiger partial charge in [0, 0.05) is 11.6 Å². The Kier molecular flexibility index (Phi) is 4.00. The van der Waals surface area contributed by atoms with Gasteiger partial charge in [0.1, 0.15) is 5.02 Å². The van der Waals surface area contributed by atoms with Crippen molar-refractivity contribution in [2.75, 3.05) is 0 Å². The molecule has 0 saturated carbocycles. The maximum atomic E-state index is 12.0. The molecular formula is C15H14ClNO. The van der Waals surface area contributed by atoms with E-state index in [4.69, 9.17) is 11.6 Å². The van der Waals surface area contributed by atoms with E-state index in [1.165, 1.54) is 6.21 Å². The highest BCUT2D eigenvalue weighted by Gasteiger charge is 2.08. The van der Waals surface area contributed by atoms with Crippen molar-refractivity contribution < 1.29 is 4.74 Å². The van der Waals surface area contributed by atoms with Gasteiger partial charge in [-0.15, -0.1) is 0 Å². The SMILES string of the molecule is CCc1ccc([N+]([O-])=Cc2ccccc2)c(Cl)c1. The lowest BCUT2D eigenvalue weighted by Gasteiger charge is -2.06. The minimum absolute atomic E-state index is 0.470. The molecule has 2 aromatic rings. The predicted molar refractivity (Wildman–Crippen MR) is 75.7 cm³/mol. The van der Waals surface area contributed by atoms with Crippen LogP contribution in [0.1, 0.15) is 18.1 Å². The lowest BCUT2D eigenvalue weighted by atomic mass is 10.1. The van der Waals surface area contributed by atoms with Crippen LogP contribution in [0.15, 0.2) is 48.5 Å². The van der Waals surface area contributed by atoms with Gasteiger partial charge in [-0.2, -0.15) is 4.74 Å². The number of rotatable bonds is 3. The minimum Gasteiger partial charge on any atom is -0.618 e. The van der Waals surface area contributed by atoms with Gasteiger partial charge in [-0.25, -0.2) is 0 Å². The summed E-state index contributed by atoms with van der Waals surface area (Å²) >= 11 is 6.11. The average molecular weight is 260 g/mol. The first-order valence-electron chi connectivity index (χ1n) is 5.85. The van der Waals surface area contributed by atoms with Crippen LogP contribution in [0.2, 0.25) is 5.02 Å². The molecule has 0 saturated heterocycles. The van der Waals surface area contributed by atoms with E-state index in [1.807, 2.05) is 42.5 Å². The van der Waals surface area contributed by atoms with Crippen molar-refractivity contribution in [2.24, 2.45) is 0 Å². The normalized spacial score (nSPS) is 11.6. The van der Waals surface area contributed by atoms with E-state index in [9.17, 15) is 5.21 Å². The summed E-state index contributed by atoms with van der Waals surface area (Å²) in [7, 11) is 0. The quantitative estimate of drug-likeness (QED) is 0.352. The lowest BCUT2D eigenvalue weighted by molar-refractivity contribution is -0.354. The summed E-state index contributed by atoms with van der Waals surface area (Å²) in [4.78, 5) is 0. The largest absolute Gasteiger partial charge is 0.618 e. The van der Waals surface area contributed by atoms with E-state index < -0.39 is 0 Å². The Morgan fingerprint density at radius 2 is 1.89 bits per heavy atom. The monoisotopic (exact) mass is 259 g/mol. The molecule has 0 amide bonds. The van der Waals surface area contributed by atoms with Crippen molar-refractivity contribution in [2.45, 2.75) is 13.3 Å². The average Bonchev–Trinajstić information content (AvgIpc) is 2.39. The molecule has 2 rings (SSSR count). The third-order valence-corrected chi connectivity index (χ3v) is 3.03. The highest BCUT2D eigenvalue weighted by atomic mass is 35.5. The summed E-state index contributed by atoms with van der Waals surface area (Å²) in [5.74, 6) is 0. The Labute approximate surface area is 112 Å². The molecule has 2 nitrogen and oxygen atoms in total. The Morgan fingerprint density at radius 1 is 1.17 bits per heavy atom. The van der Waals surface area contributed by atoms with Gasteiger partial charge < -0.3 is 5.21 Å². The molecular weight excluding hydrogens is 246 g/mol. The second kappa shape index (κ2) is 5.69. The van der Waals surface area contributed by atoms with Crippen LogP contribution in [0.4, 0.5) is 5.69 Å². The number of hydrogen-bond donors (Lipinski definition) is 0. The Morgan fingerprint density at radius 3 is 2.50 bits per heavy atom. The smallest absolute Gasteiger partial charge is 0.235 e. The maximum Gasteiger partial charge on any atom is 0.235 e. The third-order valence-electron chi connectivity index (χ3n) is 2.72. The van der Waals surface area contributed by atoms with Gasteiger partial charge in [-0.05, 0) is 30.2 Å². The van der Waals surface area contributed by atoms with Crippen molar-refractivity contribution >= 4 is 23.5 Å². The van der Waals surface area contributed by atoms with Crippen LogP contribution in [-0.4, -0.2) is 11.0 Å². The molecule has 0 atom stereocenters. The highest BCUT2D eigenvalue weighted by Crippen LogP contribution is 2.25. The molecule has 0 unspecified atom stereocenters. The van der Waals surface area contributed by atoms with Crippen LogP contribution in [0.25, 0.3) is 0 Å². The van der Waals surface area contributed by atoms with E-state index in [-0.39, 0.29) is 0 Å². The molecule has 18 heavy (non-hydrogen) atoms. The zero-order chi connectivity index (χ0) is 13.0. The molecule has 0 aliphatic heterocycles. The molecule has 92 valence electrons. The van der Waals surface area contributed by atoms with Crippen LogP contribution in [0.3, 0.4) is 0 Å². The van der Waals surface area contributed by atoms with Crippen LogP contribution in [0, 0.1) is 5.21 Å². The standard InChI is InChI=1S/C15H14ClNO/c1-2-12-8-9-15(14(16)10-12)17(18)11-13-6-4-3-5-7-13/h3-11H,2H2,1H3. The summed E-state index contributed by atoms with van der Waals surface area (Å²) in [5, 5.41) is 12.5. The lowest BCUT2D eigenvalue weighted by Crippen LogP contribution is -1.99. The number of halogens is 1. The van der Waals surface area contributed by atoms with Crippen LogP contribution in [-0.2, 0) is 6.42 Å². The number of nitrogens with zero attached hydrogens (tertiary/aromatic N) is 1. The second-order valence-corrected chi connectivity index (χ2v) is 4.41. The van der Waals surface area contributed by atoms with Gasteiger partial charge in [0.25, 0.3) is 0 Å². The third kappa shape index (κ3) is 2.90. The first-order valence-corrected chi connectivity index (χ1v) is 6.23. The summed E-state index contributed by atoms with van der Waals surface area (Å²) in [5.41, 5.74) is 2.44. The summed E-state index contributed by atoms with van der Waals surface area (Å²) in [6.45, 7) is 2.05. The van der Waals surface area contributed by atoms with E-state index in [0.29, 0.717) is 10.7 Å². The number of benzene rings is 2. The highest BCUT2D eigenvalue weighted by molar-refractivity contribution is 6.32. The molecule has 0 N–H and O–H groups in total. The van der Waals surface area contributed by atoms with Crippen LogP contribution in [0.5, 0.6) is 0 Å². The van der Waals surface area contributed by atoms with E-state index in [0.717, 1.165) is 22.3 Å². The topological polar surface area (TPSA) is 26.1 Å². The van der Waals surface area contributed by atoms with E-state index in [2.05, 4.69) is 6.92 Å². The van der Waals surface area contributed by atoms with Crippen molar-refractivity contribution in [3.05, 3.63) is 69.9 Å². The van der Waals surface area contributed by atoms with Crippen molar-refractivity contribution in [3.63, 3.8) is 0 Å². The van der Waals surface area contributed by atoms with Crippen molar-refractivity contribution in [3.8, 4) is 0 Å². The van der Waals surface area contributed by atoms with Crippen molar-refractivity contribution in [1.82, 2.24) is 0 Å².